The van der Waals surface area contributed by atoms with E-state index in [2.05, 4.69) is 20.3 Å². The van der Waals surface area contributed by atoms with Gasteiger partial charge in [-0.3, -0.25) is 4.98 Å². The lowest BCUT2D eigenvalue weighted by molar-refractivity contribution is 0.420. The van der Waals surface area contributed by atoms with Gasteiger partial charge in [0.1, 0.15) is 11.6 Å². The average Bonchev–Trinajstić information content (AvgIpc) is 2.53. The predicted molar refractivity (Wildman–Crippen MR) is 78.9 cm³/mol. The number of hydrogen-bond acceptors (Lipinski definition) is 5. The first-order valence-corrected chi connectivity index (χ1v) is 6.26. The van der Waals surface area contributed by atoms with Crippen molar-refractivity contribution in [2.45, 2.75) is 0 Å². The maximum absolute atomic E-state index is 5.38. The van der Waals surface area contributed by atoms with Gasteiger partial charge in [-0.25, -0.2) is 9.97 Å². The van der Waals surface area contributed by atoms with Gasteiger partial charge < -0.3 is 10.1 Å². The molecular weight excluding hydrogens is 252 g/mol. The maximum atomic E-state index is 5.38. The molecule has 0 unspecified atom stereocenters. The van der Waals surface area contributed by atoms with E-state index in [1.54, 1.807) is 19.5 Å². The van der Waals surface area contributed by atoms with Gasteiger partial charge in [0.05, 0.1) is 18.0 Å². The Morgan fingerprint density at radius 2 is 2.00 bits per heavy atom. The van der Waals surface area contributed by atoms with Crippen LogP contribution in [0.5, 0.6) is 5.75 Å². The fourth-order valence-electron chi connectivity index (χ4n) is 2.13. The molecule has 5 heteroatoms. The summed E-state index contributed by atoms with van der Waals surface area (Å²) < 4.78 is 5.38. The number of nitrogens with zero attached hydrogens (tertiary/aromatic N) is 3. The third-order valence-corrected chi connectivity index (χ3v) is 3.06. The summed E-state index contributed by atoms with van der Waals surface area (Å²) in [5, 5.41) is 3.98. The van der Waals surface area contributed by atoms with Crippen LogP contribution in [0.1, 0.15) is 0 Å². The van der Waals surface area contributed by atoms with Crippen molar-refractivity contribution >= 4 is 16.7 Å². The lowest BCUT2D eigenvalue weighted by atomic mass is 10.2. The molecule has 3 aromatic rings. The Hall–Kier alpha value is -2.69. The number of pyridine rings is 1. The lowest BCUT2D eigenvalue weighted by Gasteiger charge is -2.11. The molecule has 1 aromatic carbocycles. The zero-order chi connectivity index (χ0) is 13.9. The van der Waals surface area contributed by atoms with Gasteiger partial charge >= 0.3 is 0 Å². The minimum atomic E-state index is 0.642. The molecule has 0 saturated heterocycles. The van der Waals surface area contributed by atoms with Crippen molar-refractivity contribution in [3.63, 3.8) is 0 Å². The SMILES string of the molecule is CNc1nc(-c2cccnc2)nc2cccc(OC)c12. The van der Waals surface area contributed by atoms with E-state index in [1.165, 1.54) is 0 Å². The van der Waals surface area contributed by atoms with Gasteiger partial charge in [0, 0.05) is 25.0 Å². The summed E-state index contributed by atoms with van der Waals surface area (Å²) in [4.78, 5) is 13.3. The Morgan fingerprint density at radius 1 is 1.10 bits per heavy atom. The van der Waals surface area contributed by atoms with Crippen LogP contribution in [0.2, 0.25) is 0 Å². The van der Waals surface area contributed by atoms with Crippen LogP contribution in [-0.4, -0.2) is 29.1 Å². The number of hydrogen-bond donors (Lipinski definition) is 1. The molecule has 0 aliphatic heterocycles. The summed E-state index contributed by atoms with van der Waals surface area (Å²) in [5.41, 5.74) is 1.72. The normalized spacial score (nSPS) is 10.5. The molecule has 0 bridgehead atoms. The van der Waals surface area contributed by atoms with E-state index in [9.17, 15) is 0 Å². The molecule has 0 spiro atoms. The second kappa shape index (κ2) is 5.13. The quantitative estimate of drug-likeness (QED) is 0.789. The third-order valence-electron chi connectivity index (χ3n) is 3.06. The standard InChI is InChI=1S/C15H14N4O/c1-16-15-13-11(6-3-7-12(13)20-2)18-14(19-15)10-5-4-8-17-9-10/h3-9H,1-2H3,(H,16,18,19). The molecule has 2 aromatic heterocycles. The van der Waals surface area contributed by atoms with Gasteiger partial charge in [-0.1, -0.05) is 6.07 Å². The third kappa shape index (κ3) is 2.03. The number of methoxy groups -OCH3 is 1. The summed E-state index contributed by atoms with van der Waals surface area (Å²) in [6, 6.07) is 9.57. The van der Waals surface area contributed by atoms with E-state index in [-0.39, 0.29) is 0 Å². The topological polar surface area (TPSA) is 59.9 Å². The fourth-order valence-corrected chi connectivity index (χ4v) is 2.13. The van der Waals surface area contributed by atoms with Gasteiger partial charge in [0.25, 0.3) is 0 Å². The molecule has 3 rings (SSSR count). The Morgan fingerprint density at radius 3 is 2.70 bits per heavy atom. The highest BCUT2D eigenvalue weighted by atomic mass is 16.5. The number of anilines is 1. The summed E-state index contributed by atoms with van der Waals surface area (Å²) >= 11 is 0. The highest BCUT2D eigenvalue weighted by molar-refractivity contribution is 5.95. The van der Waals surface area contributed by atoms with Crippen molar-refractivity contribution in [1.29, 1.82) is 0 Å². The molecule has 0 fully saturated rings. The van der Waals surface area contributed by atoms with Crippen LogP contribution >= 0.6 is 0 Å². The molecule has 0 amide bonds. The van der Waals surface area contributed by atoms with Crippen LogP contribution in [-0.2, 0) is 0 Å². The second-order valence-electron chi connectivity index (χ2n) is 4.24. The van der Waals surface area contributed by atoms with Crippen molar-refractivity contribution < 1.29 is 4.74 Å². The summed E-state index contributed by atoms with van der Waals surface area (Å²) in [6.07, 6.45) is 3.48. The first-order chi connectivity index (χ1) is 9.83. The fraction of sp³-hybridized carbons (Fsp3) is 0.133. The van der Waals surface area contributed by atoms with Gasteiger partial charge in [-0.2, -0.15) is 0 Å². The number of ether oxygens (including phenoxy) is 1. The van der Waals surface area contributed by atoms with E-state index in [4.69, 9.17) is 4.74 Å². The highest BCUT2D eigenvalue weighted by Gasteiger charge is 2.12. The van der Waals surface area contributed by atoms with Crippen molar-refractivity contribution in [2.75, 3.05) is 19.5 Å². The van der Waals surface area contributed by atoms with Crippen LogP contribution in [0.15, 0.2) is 42.7 Å². The number of rotatable bonds is 3. The predicted octanol–water partition coefficient (Wildman–Crippen LogP) is 2.74. The minimum absolute atomic E-state index is 0.642. The van der Waals surface area contributed by atoms with E-state index < -0.39 is 0 Å². The van der Waals surface area contributed by atoms with Crippen molar-refractivity contribution in [1.82, 2.24) is 15.0 Å². The zero-order valence-electron chi connectivity index (χ0n) is 11.3. The molecule has 0 aliphatic rings. The number of aromatic nitrogens is 3. The first kappa shape index (κ1) is 12.3. The van der Waals surface area contributed by atoms with Gasteiger partial charge in [0.15, 0.2) is 5.82 Å². The van der Waals surface area contributed by atoms with Crippen molar-refractivity contribution in [2.24, 2.45) is 0 Å². The van der Waals surface area contributed by atoms with Crippen LogP contribution in [0.3, 0.4) is 0 Å². The van der Waals surface area contributed by atoms with Gasteiger partial charge in [-0.05, 0) is 24.3 Å². The number of fused-ring (bicyclic) bond motifs is 1. The Kier molecular flexibility index (Phi) is 3.16. The second-order valence-corrected chi connectivity index (χ2v) is 4.24. The summed E-state index contributed by atoms with van der Waals surface area (Å²) in [7, 11) is 3.48. The van der Waals surface area contributed by atoms with E-state index in [1.807, 2.05) is 37.4 Å². The molecule has 0 saturated carbocycles. The molecular formula is C15H14N4O. The van der Waals surface area contributed by atoms with Crippen molar-refractivity contribution in [3.05, 3.63) is 42.7 Å². The highest BCUT2D eigenvalue weighted by Crippen LogP contribution is 2.31. The lowest BCUT2D eigenvalue weighted by Crippen LogP contribution is -2.00. The zero-order valence-corrected chi connectivity index (χ0v) is 11.3. The number of benzene rings is 1. The van der Waals surface area contributed by atoms with E-state index >= 15 is 0 Å². The summed E-state index contributed by atoms with van der Waals surface area (Å²) in [6.45, 7) is 0. The molecule has 0 atom stereocenters. The van der Waals surface area contributed by atoms with Gasteiger partial charge in [-0.15, -0.1) is 0 Å². The van der Waals surface area contributed by atoms with Crippen LogP contribution < -0.4 is 10.1 Å². The van der Waals surface area contributed by atoms with E-state index in [0.717, 1.165) is 28.0 Å². The molecule has 0 aliphatic carbocycles. The average molecular weight is 266 g/mol. The van der Waals surface area contributed by atoms with E-state index in [0.29, 0.717) is 5.82 Å². The monoisotopic (exact) mass is 266 g/mol. The minimum Gasteiger partial charge on any atom is -0.496 e. The molecule has 20 heavy (non-hydrogen) atoms. The van der Waals surface area contributed by atoms with Gasteiger partial charge in [0.2, 0.25) is 0 Å². The van der Waals surface area contributed by atoms with Crippen molar-refractivity contribution in [3.8, 4) is 17.1 Å². The smallest absolute Gasteiger partial charge is 0.163 e. The summed E-state index contributed by atoms with van der Waals surface area (Å²) in [5.74, 6) is 2.14. The Labute approximate surface area is 116 Å². The largest absolute Gasteiger partial charge is 0.496 e. The Bertz CT molecular complexity index is 743. The first-order valence-electron chi connectivity index (χ1n) is 6.26. The number of nitrogens with one attached hydrogen (secondary N) is 1. The van der Waals surface area contributed by atoms with Crippen LogP contribution in [0.25, 0.3) is 22.3 Å². The van der Waals surface area contributed by atoms with Crippen LogP contribution in [0.4, 0.5) is 5.82 Å². The molecule has 0 radical (unpaired) electrons. The van der Waals surface area contributed by atoms with Crippen LogP contribution in [0, 0.1) is 0 Å². The Balaban J connectivity index is 2.28. The molecule has 1 N–H and O–H groups in total. The molecule has 2 heterocycles. The molecule has 100 valence electrons. The molecule has 5 nitrogen and oxygen atoms in total. The maximum Gasteiger partial charge on any atom is 0.163 e.